The van der Waals surface area contributed by atoms with Crippen molar-refractivity contribution in [3.8, 4) is 0 Å². The molecule has 0 aromatic heterocycles. The molecule has 2 aliphatic rings. The van der Waals surface area contributed by atoms with Crippen LogP contribution in [0.3, 0.4) is 0 Å². The average molecular weight is 455 g/mol. The molecule has 1 saturated heterocycles. The number of hydrazine groups is 1. The first-order valence-corrected chi connectivity index (χ1v) is 10.5. The molecule has 32 heavy (non-hydrogen) atoms. The molecule has 8 heteroatoms. The number of halogens is 2. The Morgan fingerprint density at radius 3 is 2.41 bits per heavy atom. The zero-order chi connectivity index (χ0) is 23.0. The summed E-state index contributed by atoms with van der Waals surface area (Å²) < 4.78 is 13.3. The molecule has 0 unspecified atom stereocenters. The topological polar surface area (TPSA) is 74.8 Å². The Morgan fingerprint density at radius 1 is 1.06 bits per heavy atom. The molecule has 0 bridgehead atoms. The molecule has 0 N–H and O–H groups in total. The van der Waals surface area contributed by atoms with Crippen molar-refractivity contribution in [2.45, 2.75) is 19.8 Å². The van der Waals surface area contributed by atoms with E-state index < -0.39 is 47.7 Å². The van der Waals surface area contributed by atoms with E-state index in [1.807, 2.05) is 13.0 Å². The van der Waals surface area contributed by atoms with Crippen molar-refractivity contribution in [2.24, 2.45) is 11.8 Å². The van der Waals surface area contributed by atoms with E-state index in [0.717, 1.165) is 27.7 Å². The Bertz CT molecular complexity index is 1140. The Balaban J connectivity index is 1.71. The minimum atomic E-state index is -0.740. The number of hydrogen-bond acceptors (Lipinski definition) is 4. The van der Waals surface area contributed by atoms with Crippen LogP contribution in [0.5, 0.6) is 0 Å². The lowest BCUT2D eigenvalue weighted by Gasteiger charge is -2.30. The van der Waals surface area contributed by atoms with Gasteiger partial charge in [0.15, 0.2) is 5.78 Å². The number of amides is 3. The van der Waals surface area contributed by atoms with Gasteiger partial charge in [-0.2, -0.15) is 5.01 Å². The highest BCUT2D eigenvalue weighted by Gasteiger charge is 2.51. The van der Waals surface area contributed by atoms with Crippen LogP contribution in [0, 0.1) is 17.7 Å². The molecule has 2 atom stereocenters. The summed E-state index contributed by atoms with van der Waals surface area (Å²) in [6.07, 6.45) is 2.74. The summed E-state index contributed by atoms with van der Waals surface area (Å²) in [4.78, 5) is 52.7. The number of hydrogen-bond donors (Lipinski definition) is 0. The van der Waals surface area contributed by atoms with Gasteiger partial charge in [0.05, 0.1) is 22.4 Å². The van der Waals surface area contributed by atoms with E-state index in [2.05, 4.69) is 0 Å². The van der Waals surface area contributed by atoms with E-state index in [1.165, 1.54) is 24.3 Å². The van der Waals surface area contributed by atoms with E-state index in [0.29, 0.717) is 12.8 Å². The largest absolute Gasteiger partial charge is 0.292 e. The standard InChI is InChI=1S/C24H20ClFN2O4/c1-14-6-11-17-19(12-14)24(32)28(23(17)31)27(22(30)18-4-2-3-5-20(18)25)13-21(29)15-7-9-16(26)10-8-15/h2-10,17,19H,11-13H2,1H3/t17-,19-/m0/s1. The summed E-state index contributed by atoms with van der Waals surface area (Å²) in [6, 6.07) is 11.0. The van der Waals surface area contributed by atoms with Gasteiger partial charge >= 0.3 is 0 Å². The second-order valence-corrected chi connectivity index (χ2v) is 8.37. The van der Waals surface area contributed by atoms with Crippen molar-refractivity contribution < 1.29 is 23.6 Å². The fourth-order valence-corrected chi connectivity index (χ4v) is 4.34. The van der Waals surface area contributed by atoms with Gasteiger partial charge < -0.3 is 0 Å². The maximum atomic E-state index is 13.4. The Kier molecular flexibility index (Phi) is 5.93. The van der Waals surface area contributed by atoms with Crippen LogP contribution in [0.25, 0.3) is 0 Å². The highest BCUT2D eigenvalue weighted by molar-refractivity contribution is 6.34. The molecular weight excluding hydrogens is 435 g/mol. The van der Waals surface area contributed by atoms with Crippen LogP contribution in [0.4, 0.5) is 4.39 Å². The van der Waals surface area contributed by atoms with Crippen molar-refractivity contribution in [3.05, 3.63) is 82.1 Å². The van der Waals surface area contributed by atoms with Crippen LogP contribution < -0.4 is 0 Å². The summed E-state index contributed by atoms with van der Waals surface area (Å²) in [6.45, 7) is 1.32. The van der Waals surface area contributed by atoms with Gasteiger partial charge in [0.1, 0.15) is 12.4 Å². The molecule has 0 saturated carbocycles. The second kappa shape index (κ2) is 8.67. The molecule has 164 valence electrons. The van der Waals surface area contributed by atoms with Crippen LogP contribution >= 0.6 is 11.6 Å². The van der Waals surface area contributed by atoms with Crippen molar-refractivity contribution in [1.82, 2.24) is 10.0 Å². The number of carbonyl (C=O) groups is 4. The van der Waals surface area contributed by atoms with Crippen LogP contribution in [0.2, 0.25) is 5.02 Å². The smallest absolute Gasteiger partial charge is 0.274 e. The van der Waals surface area contributed by atoms with Crippen LogP contribution in [0.15, 0.2) is 60.2 Å². The molecule has 1 aliphatic heterocycles. The number of Topliss-reactive ketones (excluding diaryl/α,β-unsaturated/α-hetero) is 1. The summed E-state index contributed by atoms with van der Waals surface area (Å²) in [5.74, 6) is -3.98. The van der Waals surface area contributed by atoms with Crippen LogP contribution in [0.1, 0.15) is 40.5 Å². The minimum Gasteiger partial charge on any atom is -0.292 e. The molecule has 1 aliphatic carbocycles. The molecule has 2 aromatic rings. The number of allylic oxidation sites excluding steroid dienone is 2. The predicted octanol–water partition coefficient (Wildman–Crippen LogP) is 4.06. The predicted molar refractivity (Wildman–Crippen MR) is 115 cm³/mol. The zero-order valence-corrected chi connectivity index (χ0v) is 18.0. The molecule has 6 nitrogen and oxygen atoms in total. The number of nitrogens with zero attached hydrogens (tertiary/aromatic N) is 2. The molecule has 2 aromatic carbocycles. The number of fused-ring (bicyclic) bond motifs is 1. The number of carbonyl (C=O) groups excluding carboxylic acids is 4. The fraction of sp³-hybridized carbons (Fsp3) is 0.250. The Hall–Kier alpha value is -3.32. The number of imide groups is 1. The third-order valence-corrected chi connectivity index (χ3v) is 6.17. The Morgan fingerprint density at radius 2 is 1.72 bits per heavy atom. The fourth-order valence-electron chi connectivity index (χ4n) is 4.13. The summed E-state index contributed by atoms with van der Waals surface area (Å²) in [5.41, 5.74) is 1.21. The van der Waals surface area contributed by atoms with E-state index in [-0.39, 0.29) is 16.1 Å². The average Bonchev–Trinajstić information content (AvgIpc) is 3.01. The van der Waals surface area contributed by atoms with Gasteiger partial charge in [-0.15, -0.1) is 0 Å². The highest BCUT2D eigenvalue weighted by Crippen LogP contribution is 2.38. The molecule has 1 fully saturated rings. The second-order valence-electron chi connectivity index (χ2n) is 7.96. The lowest BCUT2D eigenvalue weighted by molar-refractivity contribution is -0.154. The normalized spacial score (nSPS) is 20.1. The molecule has 0 radical (unpaired) electrons. The molecule has 4 rings (SSSR count). The lowest BCUT2D eigenvalue weighted by Crippen LogP contribution is -2.52. The van der Waals surface area contributed by atoms with Gasteiger partial charge in [-0.25, -0.2) is 9.40 Å². The monoisotopic (exact) mass is 454 g/mol. The maximum absolute atomic E-state index is 13.4. The molecule has 0 spiro atoms. The first kappa shape index (κ1) is 21.9. The number of benzene rings is 2. The van der Waals surface area contributed by atoms with Crippen molar-refractivity contribution in [2.75, 3.05) is 6.54 Å². The Labute approximate surface area is 189 Å². The maximum Gasteiger partial charge on any atom is 0.274 e. The van der Waals surface area contributed by atoms with Crippen molar-refractivity contribution in [3.63, 3.8) is 0 Å². The van der Waals surface area contributed by atoms with Gasteiger partial charge in [0, 0.05) is 5.56 Å². The SMILES string of the molecule is CC1=CC[C@@H]2C(=O)N(N(CC(=O)c3ccc(F)cc3)C(=O)c3ccccc3Cl)C(=O)[C@H]2C1. The van der Waals surface area contributed by atoms with E-state index in [1.54, 1.807) is 12.1 Å². The first-order chi connectivity index (χ1) is 15.3. The van der Waals surface area contributed by atoms with E-state index in [4.69, 9.17) is 11.6 Å². The van der Waals surface area contributed by atoms with Crippen molar-refractivity contribution >= 4 is 35.1 Å². The van der Waals surface area contributed by atoms with E-state index in [9.17, 15) is 23.6 Å². The highest BCUT2D eigenvalue weighted by atomic mass is 35.5. The zero-order valence-electron chi connectivity index (χ0n) is 17.3. The van der Waals surface area contributed by atoms with Crippen LogP contribution in [-0.4, -0.2) is 40.1 Å². The molecule has 1 heterocycles. The quantitative estimate of drug-likeness (QED) is 0.388. The number of rotatable bonds is 5. The third-order valence-electron chi connectivity index (χ3n) is 5.84. The summed E-state index contributed by atoms with van der Waals surface area (Å²) in [7, 11) is 0. The third kappa shape index (κ3) is 3.96. The number of ketones is 1. The molecule has 3 amide bonds. The van der Waals surface area contributed by atoms with Gasteiger partial charge in [0.25, 0.3) is 17.7 Å². The summed E-state index contributed by atoms with van der Waals surface area (Å²) >= 11 is 6.18. The van der Waals surface area contributed by atoms with Gasteiger partial charge in [0.2, 0.25) is 0 Å². The lowest BCUT2D eigenvalue weighted by atomic mass is 9.82. The van der Waals surface area contributed by atoms with Gasteiger partial charge in [-0.05, 0) is 56.2 Å². The van der Waals surface area contributed by atoms with Crippen LogP contribution in [-0.2, 0) is 9.59 Å². The van der Waals surface area contributed by atoms with Gasteiger partial charge in [-0.1, -0.05) is 35.4 Å². The molecular formula is C24H20ClFN2O4. The first-order valence-electron chi connectivity index (χ1n) is 10.2. The van der Waals surface area contributed by atoms with Gasteiger partial charge in [-0.3, -0.25) is 19.2 Å². The van der Waals surface area contributed by atoms with Crippen molar-refractivity contribution in [1.29, 1.82) is 0 Å². The van der Waals surface area contributed by atoms with E-state index >= 15 is 0 Å². The minimum absolute atomic E-state index is 0.0610. The summed E-state index contributed by atoms with van der Waals surface area (Å²) in [5, 5.41) is 1.80.